The van der Waals surface area contributed by atoms with Gasteiger partial charge in [-0.25, -0.2) is 0 Å². The van der Waals surface area contributed by atoms with Crippen molar-refractivity contribution >= 4 is 17.7 Å². The number of methoxy groups -OCH3 is 1. The Morgan fingerprint density at radius 1 is 1.38 bits per heavy atom. The second-order valence-electron chi connectivity index (χ2n) is 5.02. The smallest absolute Gasteiger partial charge is 0.240 e. The highest BCUT2D eigenvalue weighted by atomic mass is 32.2. The maximum Gasteiger partial charge on any atom is 0.240 e. The fraction of sp³-hybridized carbons (Fsp3) is 0.222. The Morgan fingerprint density at radius 2 is 2.12 bits per heavy atom. The van der Waals surface area contributed by atoms with Crippen LogP contribution < -0.4 is 15.5 Å². The molecule has 1 amide bonds. The number of nitrogens with one attached hydrogen (secondary N) is 1. The lowest BCUT2D eigenvalue weighted by molar-refractivity contribution is -0.121. The Kier molecular flexibility index (Phi) is 6.69. The minimum absolute atomic E-state index is 0.120. The molecule has 2 rings (SSSR count). The summed E-state index contributed by atoms with van der Waals surface area (Å²) in [6, 6.07) is 11.4. The van der Waals surface area contributed by atoms with Crippen LogP contribution in [0.15, 0.2) is 64.9 Å². The van der Waals surface area contributed by atoms with E-state index in [1.54, 1.807) is 28.6 Å². The number of pyridine rings is 1. The van der Waals surface area contributed by atoms with Gasteiger partial charge in [-0.3, -0.25) is 9.59 Å². The van der Waals surface area contributed by atoms with Gasteiger partial charge in [-0.1, -0.05) is 24.3 Å². The fourth-order valence-electron chi connectivity index (χ4n) is 2.09. The summed E-state index contributed by atoms with van der Waals surface area (Å²) in [7, 11) is 1.44. The maximum atomic E-state index is 12.0. The first-order chi connectivity index (χ1) is 11.6. The zero-order valence-corrected chi connectivity index (χ0v) is 14.3. The van der Waals surface area contributed by atoms with Crippen LogP contribution in [0, 0.1) is 0 Å². The van der Waals surface area contributed by atoms with Gasteiger partial charge >= 0.3 is 0 Å². The van der Waals surface area contributed by atoms with Gasteiger partial charge in [0.05, 0.1) is 13.3 Å². The molecular weight excluding hydrogens is 324 g/mol. The molecular formula is C18H20N2O3S. The molecule has 0 radical (unpaired) electrons. The standard InChI is InChI=1S/C18H20N2O3S/c1-3-9-19-18(22)12-20-11-17(23-2)16(21)10-14(20)13-24-15-7-5-4-6-8-15/h3-8,10-11H,1,9,12-13H2,2H3,(H,19,22). The number of thioether (sulfide) groups is 1. The number of rotatable bonds is 8. The highest BCUT2D eigenvalue weighted by molar-refractivity contribution is 7.98. The number of nitrogens with zero attached hydrogens (tertiary/aromatic N) is 1. The minimum atomic E-state index is -0.191. The molecule has 0 bridgehead atoms. The van der Waals surface area contributed by atoms with Gasteiger partial charge in [-0.2, -0.15) is 0 Å². The van der Waals surface area contributed by atoms with Gasteiger partial charge in [0.15, 0.2) is 5.75 Å². The Morgan fingerprint density at radius 3 is 2.79 bits per heavy atom. The van der Waals surface area contributed by atoms with Crippen LogP contribution in [-0.4, -0.2) is 24.1 Å². The van der Waals surface area contributed by atoms with E-state index in [9.17, 15) is 9.59 Å². The second-order valence-corrected chi connectivity index (χ2v) is 6.07. The average molecular weight is 344 g/mol. The lowest BCUT2D eigenvalue weighted by atomic mass is 10.3. The van der Waals surface area contributed by atoms with E-state index >= 15 is 0 Å². The predicted octanol–water partition coefficient (Wildman–Crippen LogP) is 2.45. The lowest BCUT2D eigenvalue weighted by Gasteiger charge is -2.14. The van der Waals surface area contributed by atoms with Crippen LogP contribution in [0.5, 0.6) is 5.75 Å². The van der Waals surface area contributed by atoms with Crippen molar-refractivity contribution in [3.05, 3.63) is 71.2 Å². The molecule has 0 atom stereocenters. The Labute approximate surface area is 145 Å². The molecule has 1 heterocycles. The summed E-state index contributed by atoms with van der Waals surface area (Å²) in [5.41, 5.74) is 0.576. The van der Waals surface area contributed by atoms with Gasteiger partial charge in [0.1, 0.15) is 6.54 Å². The van der Waals surface area contributed by atoms with Crippen LogP contribution in [-0.2, 0) is 17.1 Å². The third-order valence-electron chi connectivity index (χ3n) is 3.29. The van der Waals surface area contributed by atoms with Crippen molar-refractivity contribution in [2.75, 3.05) is 13.7 Å². The molecule has 6 heteroatoms. The molecule has 0 unspecified atom stereocenters. The van der Waals surface area contributed by atoms with Crippen LogP contribution in [0.25, 0.3) is 0 Å². The van der Waals surface area contributed by atoms with Gasteiger partial charge in [0.25, 0.3) is 0 Å². The van der Waals surface area contributed by atoms with Gasteiger partial charge < -0.3 is 14.6 Å². The third-order valence-corrected chi connectivity index (χ3v) is 4.34. The van der Waals surface area contributed by atoms with Gasteiger partial charge in [-0.05, 0) is 12.1 Å². The highest BCUT2D eigenvalue weighted by Crippen LogP contribution is 2.22. The van der Waals surface area contributed by atoms with E-state index in [0.717, 1.165) is 10.6 Å². The maximum absolute atomic E-state index is 12.0. The van der Waals surface area contributed by atoms with E-state index in [1.807, 2.05) is 30.3 Å². The quantitative estimate of drug-likeness (QED) is 0.590. The normalized spacial score (nSPS) is 10.2. The zero-order chi connectivity index (χ0) is 17.4. The number of benzene rings is 1. The second kappa shape index (κ2) is 8.98. The molecule has 0 aliphatic heterocycles. The van der Waals surface area contributed by atoms with Gasteiger partial charge in [-0.15, -0.1) is 18.3 Å². The Bertz CT molecular complexity index is 757. The minimum Gasteiger partial charge on any atom is -0.491 e. The van der Waals surface area contributed by atoms with Crippen molar-refractivity contribution in [3.63, 3.8) is 0 Å². The third kappa shape index (κ3) is 5.03. The van der Waals surface area contributed by atoms with Crippen LogP contribution in [0.4, 0.5) is 0 Å². The van der Waals surface area contributed by atoms with Crippen molar-refractivity contribution in [2.45, 2.75) is 17.2 Å². The number of carbonyl (C=O) groups is 1. The van der Waals surface area contributed by atoms with E-state index in [-0.39, 0.29) is 23.6 Å². The van der Waals surface area contributed by atoms with Crippen LogP contribution >= 0.6 is 11.8 Å². The number of hydrogen-bond acceptors (Lipinski definition) is 4. The number of amides is 1. The van der Waals surface area contributed by atoms with E-state index in [2.05, 4.69) is 11.9 Å². The molecule has 1 aromatic heterocycles. The summed E-state index contributed by atoms with van der Waals surface area (Å²) in [6.45, 7) is 4.10. The molecule has 0 spiro atoms. The molecule has 0 saturated heterocycles. The summed E-state index contributed by atoms with van der Waals surface area (Å²) in [6.07, 6.45) is 3.20. The first kappa shape index (κ1) is 17.9. The molecule has 0 aliphatic carbocycles. The van der Waals surface area contributed by atoms with Crippen molar-refractivity contribution in [2.24, 2.45) is 0 Å². The van der Waals surface area contributed by atoms with Gasteiger partial charge in [0.2, 0.25) is 11.3 Å². The molecule has 0 fully saturated rings. The van der Waals surface area contributed by atoms with Gasteiger partial charge in [0, 0.05) is 29.0 Å². The van der Waals surface area contributed by atoms with Crippen molar-refractivity contribution in [3.8, 4) is 5.75 Å². The zero-order valence-electron chi connectivity index (χ0n) is 13.5. The monoisotopic (exact) mass is 344 g/mol. The fourth-order valence-corrected chi connectivity index (χ4v) is 3.00. The first-order valence-electron chi connectivity index (χ1n) is 7.47. The molecule has 24 heavy (non-hydrogen) atoms. The topological polar surface area (TPSA) is 60.3 Å². The van der Waals surface area contributed by atoms with Crippen LogP contribution in [0.1, 0.15) is 5.69 Å². The van der Waals surface area contributed by atoms with E-state index in [1.165, 1.54) is 13.2 Å². The SMILES string of the molecule is C=CCNC(=O)Cn1cc(OC)c(=O)cc1CSc1ccccc1. The molecule has 2 aromatic rings. The van der Waals surface area contributed by atoms with E-state index < -0.39 is 0 Å². The summed E-state index contributed by atoms with van der Waals surface area (Å²) in [5, 5.41) is 2.73. The lowest BCUT2D eigenvalue weighted by Crippen LogP contribution is -2.29. The number of aromatic nitrogens is 1. The van der Waals surface area contributed by atoms with E-state index in [4.69, 9.17) is 4.74 Å². The first-order valence-corrected chi connectivity index (χ1v) is 8.45. The van der Waals surface area contributed by atoms with Crippen molar-refractivity contribution in [1.29, 1.82) is 0 Å². The van der Waals surface area contributed by atoms with Crippen LogP contribution in [0.3, 0.4) is 0 Å². The summed E-state index contributed by atoms with van der Waals surface area (Å²) < 4.78 is 6.82. The predicted molar refractivity (Wildman–Crippen MR) is 96.5 cm³/mol. The number of carbonyl (C=O) groups excluding carboxylic acids is 1. The number of ether oxygens (including phenoxy) is 1. The largest absolute Gasteiger partial charge is 0.491 e. The van der Waals surface area contributed by atoms with Crippen LogP contribution in [0.2, 0.25) is 0 Å². The summed E-state index contributed by atoms with van der Waals surface area (Å²) in [5.74, 6) is 0.657. The molecule has 126 valence electrons. The summed E-state index contributed by atoms with van der Waals surface area (Å²) >= 11 is 1.61. The molecule has 0 saturated carbocycles. The number of hydrogen-bond donors (Lipinski definition) is 1. The molecule has 1 aromatic carbocycles. The van der Waals surface area contributed by atoms with E-state index in [0.29, 0.717) is 12.3 Å². The molecule has 5 nitrogen and oxygen atoms in total. The van der Waals surface area contributed by atoms with Crippen molar-refractivity contribution < 1.29 is 9.53 Å². The van der Waals surface area contributed by atoms with Crippen molar-refractivity contribution in [1.82, 2.24) is 9.88 Å². The Balaban J connectivity index is 2.20. The summed E-state index contributed by atoms with van der Waals surface area (Å²) in [4.78, 5) is 25.1. The average Bonchev–Trinajstić information content (AvgIpc) is 2.60. The Hall–Kier alpha value is -2.47. The molecule has 0 aliphatic rings. The molecule has 1 N–H and O–H groups in total. The highest BCUT2D eigenvalue weighted by Gasteiger charge is 2.10.